The maximum Gasteiger partial charge on any atom is 0.416 e. The van der Waals surface area contributed by atoms with Crippen molar-refractivity contribution < 1.29 is 22.4 Å². The topological polar surface area (TPSA) is 32.3 Å². The van der Waals surface area contributed by atoms with E-state index in [1.807, 2.05) is 0 Å². The van der Waals surface area contributed by atoms with Gasteiger partial charge in [0.2, 0.25) is 0 Å². The largest absolute Gasteiger partial charge is 0.416 e. The number of hydrogen-bond donors (Lipinski definition) is 1. The minimum absolute atomic E-state index is 0.174. The molecule has 2 aromatic carbocycles. The molecule has 2 rings (SSSR count). The molecule has 24 heavy (non-hydrogen) atoms. The van der Waals surface area contributed by atoms with Crippen LogP contribution in [-0.4, -0.2) is 18.0 Å². The van der Waals surface area contributed by atoms with Crippen LogP contribution in [0.3, 0.4) is 0 Å². The van der Waals surface area contributed by atoms with Crippen LogP contribution in [-0.2, 0) is 19.3 Å². The third-order valence-electron chi connectivity index (χ3n) is 3.40. The smallest absolute Gasteiger partial charge is 0.334 e. The Bertz CT molecular complexity index is 681. The molecule has 3 nitrogen and oxygen atoms in total. The van der Waals surface area contributed by atoms with Gasteiger partial charge in [-0.3, -0.25) is 0 Å². The van der Waals surface area contributed by atoms with Crippen molar-refractivity contribution in [2.75, 3.05) is 7.05 Å². The molecule has 0 spiro atoms. The molecule has 128 valence electrons. The summed E-state index contributed by atoms with van der Waals surface area (Å²) < 4.78 is 50.3. The first-order valence-corrected chi connectivity index (χ1v) is 7.15. The Morgan fingerprint density at radius 2 is 1.54 bits per heavy atom. The van der Waals surface area contributed by atoms with Gasteiger partial charge >= 0.3 is 12.2 Å². The maximum atomic E-state index is 12.8. The zero-order valence-corrected chi connectivity index (χ0v) is 12.9. The fourth-order valence-corrected chi connectivity index (χ4v) is 2.06. The van der Waals surface area contributed by atoms with Gasteiger partial charge in [-0.05, 0) is 35.4 Å². The molecular weight excluding hydrogens is 324 g/mol. The Balaban J connectivity index is 1.88. The summed E-state index contributed by atoms with van der Waals surface area (Å²) in [6.07, 6.45) is -4.38. The Labute approximate surface area is 136 Å². The predicted octanol–water partition coefficient (Wildman–Crippen LogP) is 4.19. The van der Waals surface area contributed by atoms with Gasteiger partial charge in [-0.25, -0.2) is 9.18 Å². The summed E-state index contributed by atoms with van der Waals surface area (Å²) in [6, 6.07) is 10.00. The Morgan fingerprint density at radius 1 is 1.00 bits per heavy atom. The monoisotopic (exact) mass is 340 g/mol. The third kappa shape index (κ3) is 4.97. The summed E-state index contributed by atoms with van der Waals surface area (Å²) in [5, 5.41) is 2.66. The fraction of sp³-hybridized carbons (Fsp3) is 0.235. The van der Waals surface area contributed by atoms with Crippen LogP contribution < -0.4 is 5.32 Å². The summed E-state index contributed by atoms with van der Waals surface area (Å²) in [6.45, 7) is 0.407. The minimum atomic E-state index is -4.38. The van der Waals surface area contributed by atoms with E-state index < -0.39 is 11.7 Å². The van der Waals surface area contributed by atoms with Crippen LogP contribution in [0.15, 0.2) is 48.5 Å². The van der Waals surface area contributed by atoms with Crippen LogP contribution >= 0.6 is 0 Å². The molecule has 0 aliphatic heterocycles. The highest BCUT2D eigenvalue weighted by molar-refractivity contribution is 5.73. The average Bonchev–Trinajstić information content (AvgIpc) is 2.53. The van der Waals surface area contributed by atoms with E-state index in [9.17, 15) is 22.4 Å². The SMILES string of the molecule is CN(Cc1ccc(C(F)(F)F)cc1)C(=O)NCc1ccc(F)cc1. The van der Waals surface area contributed by atoms with Gasteiger partial charge < -0.3 is 10.2 Å². The number of hydrogen-bond acceptors (Lipinski definition) is 1. The van der Waals surface area contributed by atoms with Crippen LogP contribution in [0.1, 0.15) is 16.7 Å². The van der Waals surface area contributed by atoms with E-state index >= 15 is 0 Å². The standard InChI is InChI=1S/C17H16F4N2O/c1-23(11-13-2-6-14(7-3-13)17(19,20)21)16(24)22-10-12-4-8-15(18)9-5-12/h2-9H,10-11H2,1H3,(H,22,24). The molecule has 0 radical (unpaired) electrons. The number of carbonyl (C=O) groups is 1. The summed E-state index contributed by atoms with van der Waals surface area (Å²) in [4.78, 5) is 13.3. The van der Waals surface area contributed by atoms with Crippen molar-refractivity contribution in [3.8, 4) is 0 Å². The van der Waals surface area contributed by atoms with Gasteiger partial charge in [0.05, 0.1) is 5.56 Å². The van der Waals surface area contributed by atoms with Gasteiger partial charge in [0.15, 0.2) is 0 Å². The third-order valence-corrected chi connectivity index (χ3v) is 3.40. The van der Waals surface area contributed by atoms with Crippen molar-refractivity contribution in [3.05, 3.63) is 71.0 Å². The molecule has 0 aromatic heterocycles. The van der Waals surface area contributed by atoms with Gasteiger partial charge in [-0.1, -0.05) is 24.3 Å². The number of carbonyl (C=O) groups excluding carboxylic acids is 1. The fourth-order valence-electron chi connectivity index (χ4n) is 2.06. The van der Waals surface area contributed by atoms with Crippen molar-refractivity contribution in [1.29, 1.82) is 0 Å². The molecule has 1 N–H and O–H groups in total. The molecule has 0 bridgehead atoms. The van der Waals surface area contributed by atoms with Gasteiger partial charge in [0.25, 0.3) is 0 Å². The van der Waals surface area contributed by atoms with Crippen LogP contribution in [0.25, 0.3) is 0 Å². The molecule has 0 aliphatic carbocycles. The molecule has 0 fully saturated rings. The molecule has 0 saturated heterocycles. The highest BCUT2D eigenvalue weighted by Gasteiger charge is 2.29. The normalized spacial score (nSPS) is 11.2. The molecule has 7 heteroatoms. The number of alkyl halides is 3. The Hall–Kier alpha value is -2.57. The lowest BCUT2D eigenvalue weighted by Gasteiger charge is -2.18. The number of nitrogens with zero attached hydrogens (tertiary/aromatic N) is 1. The summed E-state index contributed by atoms with van der Waals surface area (Å²) in [5.41, 5.74) is 0.602. The number of benzene rings is 2. The van der Waals surface area contributed by atoms with Crippen LogP contribution in [0.4, 0.5) is 22.4 Å². The van der Waals surface area contributed by atoms with E-state index in [2.05, 4.69) is 5.32 Å². The molecule has 2 amide bonds. The van der Waals surface area contributed by atoms with E-state index in [4.69, 9.17) is 0 Å². The van der Waals surface area contributed by atoms with E-state index in [0.29, 0.717) is 5.56 Å². The lowest BCUT2D eigenvalue weighted by molar-refractivity contribution is -0.137. The Kier molecular flexibility index (Phi) is 5.43. The molecular formula is C17H16F4N2O. The minimum Gasteiger partial charge on any atom is -0.334 e. The van der Waals surface area contributed by atoms with Crippen LogP contribution in [0.5, 0.6) is 0 Å². The molecule has 0 heterocycles. The first kappa shape index (κ1) is 17.8. The van der Waals surface area contributed by atoms with Gasteiger partial charge in [0.1, 0.15) is 5.82 Å². The van der Waals surface area contributed by atoms with Crippen molar-refractivity contribution in [2.24, 2.45) is 0 Å². The second-order valence-electron chi connectivity index (χ2n) is 5.34. The van der Waals surface area contributed by atoms with Crippen LogP contribution in [0.2, 0.25) is 0 Å². The number of rotatable bonds is 4. The summed E-state index contributed by atoms with van der Waals surface area (Å²) in [7, 11) is 1.54. The average molecular weight is 340 g/mol. The molecule has 0 unspecified atom stereocenters. The zero-order chi connectivity index (χ0) is 17.7. The lowest BCUT2D eigenvalue weighted by atomic mass is 10.1. The van der Waals surface area contributed by atoms with Gasteiger partial charge in [0, 0.05) is 20.1 Å². The van der Waals surface area contributed by atoms with Crippen molar-refractivity contribution in [1.82, 2.24) is 10.2 Å². The number of urea groups is 1. The highest BCUT2D eigenvalue weighted by atomic mass is 19.4. The first-order valence-electron chi connectivity index (χ1n) is 7.15. The van der Waals surface area contributed by atoms with E-state index in [0.717, 1.165) is 17.7 Å². The van der Waals surface area contributed by atoms with Gasteiger partial charge in [-0.2, -0.15) is 13.2 Å². The number of nitrogens with one attached hydrogen (secondary N) is 1. The van der Waals surface area contributed by atoms with E-state index in [-0.39, 0.29) is 24.9 Å². The zero-order valence-electron chi connectivity index (χ0n) is 12.9. The van der Waals surface area contributed by atoms with Crippen molar-refractivity contribution in [3.63, 3.8) is 0 Å². The van der Waals surface area contributed by atoms with E-state index in [1.54, 1.807) is 12.1 Å². The maximum absolute atomic E-state index is 12.8. The molecule has 0 aliphatic rings. The second-order valence-corrected chi connectivity index (χ2v) is 5.34. The van der Waals surface area contributed by atoms with Crippen molar-refractivity contribution >= 4 is 6.03 Å². The summed E-state index contributed by atoms with van der Waals surface area (Å²) in [5.74, 6) is -0.357. The first-order chi connectivity index (χ1) is 11.3. The lowest BCUT2D eigenvalue weighted by Crippen LogP contribution is -2.36. The molecule has 2 aromatic rings. The molecule has 0 atom stereocenters. The molecule has 0 saturated carbocycles. The predicted molar refractivity (Wildman–Crippen MR) is 81.5 cm³/mol. The van der Waals surface area contributed by atoms with Crippen molar-refractivity contribution in [2.45, 2.75) is 19.3 Å². The summed E-state index contributed by atoms with van der Waals surface area (Å²) >= 11 is 0. The second kappa shape index (κ2) is 7.33. The Morgan fingerprint density at radius 3 is 2.08 bits per heavy atom. The highest BCUT2D eigenvalue weighted by Crippen LogP contribution is 2.29. The van der Waals surface area contributed by atoms with Gasteiger partial charge in [-0.15, -0.1) is 0 Å². The quantitative estimate of drug-likeness (QED) is 0.832. The number of amides is 2. The van der Waals surface area contributed by atoms with Crippen LogP contribution in [0, 0.1) is 5.82 Å². The van der Waals surface area contributed by atoms with E-state index in [1.165, 1.54) is 36.2 Å². The number of halogens is 4.